The zero-order valence-electron chi connectivity index (χ0n) is 17.0. The molecular formula is C25H31N3. The molecule has 0 bridgehead atoms. The van der Waals surface area contributed by atoms with Crippen LogP contribution in [0.15, 0.2) is 79.5 Å². The molecule has 3 rings (SSSR count). The zero-order valence-corrected chi connectivity index (χ0v) is 17.0. The minimum atomic E-state index is 0.539. The molecule has 0 saturated heterocycles. The van der Waals surface area contributed by atoms with Gasteiger partial charge in [-0.25, -0.2) is 0 Å². The zero-order chi connectivity index (χ0) is 20.2. The molecule has 2 aromatic carbocycles. The van der Waals surface area contributed by atoms with E-state index in [1.54, 1.807) is 6.20 Å². The molecule has 0 aliphatic carbocycles. The maximum absolute atomic E-state index is 5.72. The third-order valence-electron chi connectivity index (χ3n) is 4.44. The second kappa shape index (κ2) is 11.7. The lowest BCUT2D eigenvalue weighted by Crippen LogP contribution is -2.04. The van der Waals surface area contributed by atoms with Gasteiger partial charge in [0.05, 0.1) is 11.4 Å². The van der Waals surface area contributed by atoms with Crippen LogP contribution in [0, 0.1) is 0 Å². The maximum atomic E-state index is 5.72. The molecule has 0 aliphatic heterocycles. The Kier molecular flexibility index (Phi) is 8.96. The highest BCUT2D eigenvalue weighted by Crippen LogP contribution is 2.23. The lowest BCUT2D eigenvalue weighted by Gasteiger charge is -2.14. The van der Waals surface area contributed by atoms with Crippen molar-refractivity contribution < 1.29 is 0 Å². The summed E-state index contributed by atoms with van der Waals surface area (Å²) in [5, 5.41) is 3.37. The molecule has 0 fully saturated rings. The second-order valence-corrected chi connectivity index (χ2v) is 6.60. The van der Waals surface area contributed by atoms with E-state index < -0.39 is 0 Å². The Morgan fingerprint density at radius 3 is 2.29 bits per heavy atom. The molecule has 28 heavy (non-hydrogen) atoms. The van der Waals surface area contributed by atoms with E-state index in [0.29, 0.717) is 6.54 Å². The minimum absolute atomic E-state index is 0.539. The highest BCUT2D eigenvalue weighted by atomic mass is 14.9. The van der Waals surface area contributed by atoms with E-state index in [0.717, 1.165) is 41.9 Å². The first kappa shape index (κ1) is 21.4. The maximum Gasteiger partial charge on any atom is 0.0858 e. The predicted octanol–water partition coefficient (Wildman–Crippen LogP) is 5.82. The number of hydrogen-bond donors (Lipinski definition) is 2. The average Bonchev–Trinajstić information content (AvgIpc) is 2.76. The number of pyridine rings is 1. The van der Waals surface area contributed by atoms with Crippen LogP contribution in [0.3, 0.4) is 0 Å². The highest BCUT2D eigenvalue weighted by Gasteiger charge is 2.06. The molecule has 0 radical (unpaired) electrons. The van der Waals surface area contributed by atoms with Gasteiger partial charge in [0.15, 0.2) is 0 Å². The third kappa shape index (κ3) is 6.67. The van der Waals surface area contributed by atoms with Gasteiger partial charge in [0.25, 0.3) is 0 Å². The van der Waals surface area contributed by atoms with Gasteiger partial charge in [0, 0.05) is 18.4 Å². The van der Waals surface area contributed by atoms with Crippen LogP contribution in [-0.4, -0.2) is 4.98 Å². The van der Waals surface area contributed by atoms with Crippen LogP contribution >= 0.6 is 0 Å². The van der Waals surface area contributed by atoms with E-state index in [1.165, 1.54) is 11.1 Å². The van der Waals surface area contributed by atoms with Crippen LogP contribution in [0.4, 0.5) is 5.69 Å². The molecule has 1 heterocycles. The van der Waals surface area contributed by atoms with Crippen LogP contribution in [0.1, 0.15) is 42.7 Å². The fraction of sp³-hybridized carbons (Fsp3) is 0.240. The molecule has 0 saturated carbocycles. The van der Waals surface area contributed by atoms with E-state index in [4.69, 9.17) is 5.73 Å². The summed E-state index contributed by atoms with van der Waals surface area (Å²) in [6.45, 7) is 8.95. The van der Waals surface area contributed by atoms with Crippen LogP contribution in [-0.2, 0) is 19.4 Å². The quantitative estimate of drug-likeness (QED) is 0.548. The predicted molar refractivity (Wildman–Crippen MR) is 121 cm³/mol. The van der Waals surface area contributed by atoms with Gasteiger partial charge in [0.2, 0.25) is 0 Å². The lowest BCUT2D eigenvalue weighted by molar-refractivity contribution is 0.921. The van der Waals surface area contributed by atoms with Crippen molar-refractivity contribution in [2.45, 2.75) is 39.7 Å². The minimum Gasteiger partial charge on any atom is -0.354 e. The molecule has 0 aliphatic rings. The number of hydrogen-bond acceptors (Lipinski definition) is 3. The van der Waals surface area contributed by atoms with E-state index in [1.807, 2.05) is 24.3 Å². The Morgan fingerprint density at radius 2 is 1.71 bits per heavy atom. The summed E-state index contributed by atoms with van der Waals surface area (Å²) in [6, 6.07) is 22.6. The number of anilines is 1. The molecule has 3 nitrogen and oxygen atoms in total. The van der Waals surface area contributed by atoms with E-state index in [9.17, 15) is 0 Å². The summed E-state index contributed by atoms with van der Waals surface area (Å²) in [4.78, 5) is 4.31. The third-order valence-corrected chi connectivity index (χ3v) is 4.44. The Bertz CT molecular complexity index is 842. The molecule has 3 aromatic rings. The summed E-state index contributed by atoms with van der Waals surface area (Å²) in [5.41, 5.74) is 12.3. The van der Waals surface area contributed by atoms with Gasteiger partial charge in [-0.3, -0.25) is 4.98 Å². The fourth-order valence-corrected chi connectivity index (χ4v) is 2.84. The largest absolute Gasteiger partial charge is 0.354 e. The number of nitrogens with one attached hydrogen (secondary N) is 1. The van der Waals surface area contributed by atoms with E-state index >= 15 is 0 Å². The van der Waals surface area contributed by atoms with Gasteiger partial charge in [-0.15, -0.1) is 0 Å². The van der Waals surface area contributed by atoms with Gasteiger partial charge >= 0.3 is 0 Å². The monoisotopic (exact) mass is 373 g/mol. The van der Waals surface area contributed by atoms with Crippen molar-refractivity contribution in [3.8, 4) is 0 Å². The number of rotatable bonds is 7. The van der Waals surface area contributed by atoms with Crippen LogP contribution < -0.4 is 11.1 Å². The standard InChI is InChI=1S/C17H21N3.C8H10/c1-3-6-15-9-8-14(12-18)11-17(15)20-13(2)16-7-4-5-10-19-16;1-2-8-6-4-3-5-7-8/h4-5,7-11,20H,2-3,6,12,18H2,1H3;3-7H,2H2,1H3. The average molecular weight is 374 g/mol. The molecule has 1 aromatic heterocycles. The van der Waals surface area contributed by atoms with Gasteiger partial charge in [0.1, 0.15) is 0 Å². The van der Waals surface area contributed by atoms with Crippen molar-refractivity contribution in [2.24, 2.45) is 5.73 Å². The molecule has 3 N–H and O–H groups in total. The molecule has 0 spiro atoms. The van der Waals surface area contributed by atoms with Crippen LogP contribution in [0.25, 0.3) is 5.70 Å². The first-order chi connectivity index (χ1) is 13.7. The Morgan fingerprint density at radius 1 is 0.964 bits per heavy atom. The highest BCUT2D eigenvalue weighted by molar-refractivity contribution is 5.75. The molecule has 0 atom stereocenters. The lowest BCUT2D eigenvalue weighted by atomic mass is 10.0. The van der Waals surface area contributed by atoms with Crippen LogP contribution in [0.2, 0.25) is 0 Å². The van der Waals surface area contributed by atoms with E-state index in [2.05, 4.69) is 73.2 Å². The van der Waals surface area contributed by atoms with Crippen molar-refractivity contribution in [2.75, 3.05) is 5.32 Å². The summed E-state index contributed by atoms with van der Waals surface area (Å²) in [7, 11) is 0. The van der Waals surface area contributed by atoms with Gasteiger partial charge < -0.3 is 11.1 Å². The van der Waals surface area contributed by atoms with Gasteiger partial charge in [-0.2, -0.15) is 0 Å². The van der Waals surface area contributed by atoms with Crippen molar-refractivity contribution in [1.29, 1.82) is 0 Å². The number of nitrogens with two attached hydrogens (primary N) is 1. The van der Waals surface area contributed by atoms with Gasteiger partial charge in [-0.05, 0) is 47.7 Å². The molecule has 146 valence electrons. The molecule has 0 unspecified atom stereocenters. The topological polar surface area (TPSA) is 50.9 Å². The van der Waals surface area contributed by atoms with E-state index in [-0.39, 0.29) is 0 Å². The molecule has 3 heteroatoms. The van der Waals surface area contributed by atoms with Crippen molar-refractivity contribution in [3.63, 3.8) is 0 Å². The Labute approximate surface area is 169 Å². The first-order valence-corrected chi connectivity index (χ1v) is 9.91. The Balaban J connectivity index is 0.000000292. The number of aryl methyl sites for hydroxylation is 2. The SMILES string of the molecule is C=C(Nc1cc(CN)ccc1CCC)c1ccccn1.CCc1ccccc1. The van der Waals surface area contributed by atoms with Crippen molar-refractivity contribution in [3.05, 3.63) is 102 Å². The van der Waals surface area contributed by atoms with Gasteiger partial charge in [-0.1, -0.05) is 75.4 Å². The Hall–Kier alpha value is -2.91. The van der Waals surface area contributed by atoms with Crippen LogP contribution in [0.5, 0.6) is 0 Å². The van der Waals surface area contributed by atoms with Crippen molar-refractivity contribution >= 4 is 11.4 Å². The summed E-state index contributed by atoms with van der Waals surface area (Å²) >= 11 is 0. The molecular weight excluding hydrogens is 342 g/mol. The normalized spacial score (nSPS) is 9.96. The first-order valence-electron chi connectivity index (χ1n) is 9.91. The number of aromatic nitrogens is 1. The fourth-order valence-electron chi connectivity index (χ4n) is 2.84. The summed E-state index contributed by atoms with van der Waals surface area (Å²) in [5.74, 6) is 0. The number of nitrogens with zero attached hydrogens (tertiary/aromatic N) is 1. The summed E-state index contributed by atoms with van der Waals surface area (Å²) < 4.78 is 0. The molecule has 0 amide bonds. The number of benzene rings is 2. The van der Waals surface area contributed by atoms with Crippen molar-refractivity contribution in [1.82, 2.24) is 4.98 Å². The second-order valence-electron chi connectivity index (χ2n) is 6.60. The summed E-state index contributed by atoms with van der Waals surface area (Å²) in [6.07, 6.45) is 5.04. The smallest absolute Gasteiger partial charge is 0.0858 e.